The Morgan fingerprint density at radius 1 is 1.38 bits per heavy atom. The van der Waals surface area contributed by atoms with E-state index in [1.54, 1.807) is 0 Å². The number of aliphatic hydroxyl groups excluding tert-OH is 1. The molecule has 16 heavy (non-hydrogen) atoms. The van der Waals surface area contributed by atoms with Crippen LogP contribution >= 0.6 is 0 Å². The second kappa shape index (κ2) is 3.99. The normalized spacial score (nSPS) is 42.6. The van der Waals surface area contributed by atoms with Gasteiger partial charge in [0.05, 0.1) is 6.61 Å². The van der Waals surface area contributed by atoms with Crippen molar-refractivity contribution in [1.82, 2.24) is 5.32 Å². The van der Waals surface area contributed by atoms with Crippen molar-refractivity contribution in [3.05, 3.63) is 0 Å². The van der Waals surface area contributed by atoms with Gasteiger partial charge in [-0.05, 0) is 42.4 Å². The summed E-state index contributed by atoms with van der Waals surface area (Å²) in [7, 11) is 0. The summed E-state index contributed by atoms with van der Waals surface area (Å²) in [5.74, 6) is 0.881. The van der Waals surface area contributed by atoms with Crippen LogP contribution in [0.4, 0.5) is 0 Å². The Kier molecular flexibility index (Phi) is 3.09. The van der Waals surface area contributed by atoms with E-state index in [0.29, 0.717) is 16.9 Å². The average molecular weight is 225 g/mol. The molecule has 2 rings (SSSR count). The maximum Gasteiger partial charge on any atom is 0.0584 e. The lowest BCUT2D eigenvalue weighted by Crippen LogP contribution is -2.54. The first-order valence-corrected chi connectivity index (χ1v) is 6.81. The van der Waals surface area contributed by atoms with Gasteiger partial charge in [-0.1, -0.05) is 27.7 Å². The molecule has 0 heterocycles. The largest absolute Gasteiger partial charge is 0.395 e. The fourth-order valence-electron chi connectivity index (χ4n) is 4.25. The average Bonchev–Trinajstić information content (AvgIpc) is 2.69. The van der Waals surface area contributed by atoms with Gasteiger partial charge in [0.2, 0.25) is 0 Å². The summed E-state index contributed by atoms with van der Waals surface area (Å²) in [4.78, 5) is 0. The first-order chi connectivity index (χ1) is 7.44. The molecule has 4 unspecified atom stereocenters. The molecule has 2 aliphatic rings. The molecule has 2 fully saturated rings. The Balaban J connectivity index is 2.13. The highest BCUT2D eigenvalue weighted by molar-refractivity contribution is 5.12. The van der Waals surface area contributed by atoms with E-state index in [1.807, 2.05) is 0 Å². The Bertz CT molecular complexity index is 255. The summed E-state index contributed by atoms with van der Waals surface area (Å²) in [5.41, 5.74) is 0.867. The number of rotatable bonds is 4. The maximum absolute atomic E-state index is 9.35. The molecule has 0 aromatic heterocycles. The number of hydrogen-bond donors (Lipinski definition) is 2. The van der Waals surface area contributed by atoms with Crippen LogP contribution in [-0.2, 0) is 0 Å². The van der Waals surface area contributed by atoms with Crippen molar-refractivity contribution in [2.45, 2.75) is 65.5 Å². The smallest absolute Gasteiger partial charge is 0.0584 e. The Morgan fingerprint density at radius 3 is 2.50 bits per heavy atom. The maximum atomic E-state index is 9.35. The van der Waals surface area contributed by atoms with Crippen LogP contribution < -0.4 is 5.32 Å². The molecule has 2 saturated carbocycles. The van der Waals surface area contributed by atoms with Crippen molar-refractivity contribution in [2.75, 3.05) is 6.61 Å². The van der Waals surface area contributed by atoms with Crippen molar-refractivity contribution in [2.24, 2.45) is 16.7 Å². The van der Waals surface area contributed by atoms with Crippen molar-refractivity contribution in [1.29, 1.82) is 0 Å². The predicted octanol–water partition coefficient (Wildman–Crippen LogP) is 2.56. The van der Waals surface area contributed by atoms with Crippen LogP contribution in [0.1, 0.15) is 53.4 Å². The molecule has 2 bridgehead atoms. The van der Waals surface area contributed by atoms with Gasteiger partial charge in [0.25, 0.3) is 0 Å². The quantitative estimate of drug-likeness (QED) is 0.770. The molecule has 0 aliphatic heterocycles. The highest BCUT2D eigenvalue weighted by Gasteiger charge is 2.59. The fourth-order valence-corrected chi connectivity index (χ4v) is 4.25. The molecule has 2 heteroatoms. The summed E-state index contributed by atoms with van der Waals surface area (Å²) in [6, 6.07) is 0.858. The minimum Gasteiger partial charge on any atom is -0.395 e. The van der Waals surface area contributed by atoms with E-state index < -0.39 is 0 Å². The zero-order chi connectivity index (χ0) is 12.0. The first kappa shape index (κ1) is 12.4. The second-order valence-corrected chi connectivity index (χ2v) is 6.80. The summed E-state index contributed by atoms with van der Waals surface area (Å²) in [5, 5.41) is 13.1. The lowest BCUT2D eigenvalue weighted by atomic mass is 9.68. The molecule has 2 aliphatic carbocycles. The summed E-state index contributed by atoms with van der Waals surface area (Å²) < 4.78 is 0. The number of hydrogen-bond acceptors (Lipinski definition) is 2. The van der Waals surface area contributed by atoms with E-state index in [0.717, 1.165) is 12.3 Å². The highest BCUT2D eigenvalue weighted by atomic mass is 16.3. The van der Waals surface area contributed by atoms with Crippen molar-refractivity contribution in [3.63, 3.8) is 0 Å². The van der Waals surface area contributed by atoms with Crippen molar-refractivity contribution >= 4 is 0 Å². The van der Waals surface area contributed by atoms with Gasteiger partial charge in [-0.2, -0.15) is 0 Å². The summed E-state index contributed by atoms with van der Waals surface area (Å²) >= 11 is 0. The number of aliphatic hydroxyl groups is 1. The van der Waals surface area contributed by atoms with Crippen molar-refractivity contribution < 1.29 is 5.11 Å². The van der Waals surface area contributed by atoms with Gasteiger partial charge in [0, 0.05) is 12.1 Å². The highest BCUT2D eigenvalue weighted by Crippen LogP contribution is 2.62. The van der Waals surface area contributed by atoms with Crippen LogP contribution in [0.2, 0.25) is 0 Å². The lowest BCUT2D eigenvalue weighted by Gasteiger charge is -2.44. The van der Waals surface area contributed by atoms with E-state index in [4.69, 9.17) is 0 Å². The van der Waals surface area contributed by atoms with Gasteiger partial charge in [0.15, 0.2) is 0 Å². The molecule has 0 spiro atoms. The monoisotopic (exact) mass is 225 g/mol. The lowest BCUT2D eigenvalue weighted by molar-refractivity contribution is 0.0860. The number of fused-ring (bicyclic) bond motifs is 2. The Hall–Kier alpha value is -0.0800. The van der Waals surface area contributed by atoms with Gasteiger partial charge >= 0.3 is 0 Å². The molecule has 2 N–H and O–H groups in total. The SMILES string of the molecule is CCC(CO)NC1C2(C)CCC(C2)C1(C)C. The first-order valence-electron chi connectivity index (χ1n) is 6.81. The molecule has 0 radical (unpaired) electrons. The predicted molar refractivity (Wildman–Crippen MR) is 67.3 cm³/mol. The van der Waals surface area contributed by atoms with Crippen LogP contribution in [-0.4, -0.2) is 23.8 Å². The Morgan fingerprint density at radius 2 is 2.06 bits per heavy atom. The van der Waals surface area contributed by atoms with E-state index >= 15 is 0 Å². The van der Waals surface area contributed by atoms with Crippen LogP contribution in [0, 0.1) is 16.7 Å². The van der Waals surface area contributed by atoms with Crippen LogP contribution in [0.15, 0.2) is 0 Å². The van der Waals surface area contributed by atoms with Gasteiger partial charge in [-0.3, -0.25) is 0 Å². The molecule has 0 aromatic carbocycles. The third-order valence-electron chi connectivity index (χ3n) is 5.39. The zero-order valence-corrected chi connectivity index (χ0v) is 11.2. The minimum absolute atomic E-state index is 0.268. The standard InChI is InChI=1S/C14H27NO/c1-5-11(9-16)15-12-13(2,3)10-6-7-14(12,4)8-10/h10-12,15-16H,5-9H2,1-4H3. The molecule has 0 aromatic rings. The Labute approximate surface area is 99.8 Å². The van der Waals surface area contributed by atoms with Crippen LogP contribution in [0.5, 0.6) is 0 Å². The van der Waals surface area contributed by atoms with Gasteiger partial charge in [-0.15, -0.1) is 0 Å². The molecule has 0 amide bonds. The summed E-state index contributed by atoms with van der Waals surface area (Å²) in [6.45, 7) is 9.66. The third kappa shape index (κ3) is 1.70. The van der Waals surface area contributed by atoms with Gasteiger partial charge < -0.3 is 10.4 Å². The molecule has 2 nitrogen and oxygen atoms in total. The third-order valence-corrected chi connectivity index (χ3v) is 5.39. The molecular weight excluding hydrogens is 198 g/mol. The van der Waals surface area contributed by atoms with Gasteiger partial charge in [-0.25, -0.2) is 0 Å². The number of nitrogens with one attached hydrogen (secondary N) is 1. The summed E-state index contributed by atoms with van der Waals surface area (Å²) in [6.07, 6.45) is 5.15. The van der Waals surface area contributed by atoms with E-state index in [2.05, 4.69) is 33.0 Å². The second-order valence-electron chi connectivity index (χ2n) is 6.80. The van der Waals surface area contributed by atoms with Crippen LogP contribution in [0.3, 0.4) is 0 Å². The van der Waals surface area contributed by atoms with E-state index in [9.17, 15) is 5.11 Å². The molecule has 94 valence electrons. The van der Waals surface area contributed by atoms with Crippen molar-refractivity contribution in [3.8, 4) is 0 Å². The van der Waals surface area contributed by atoms with E-state index in [1.165, 1.54) is 19.3 Å². The van der Waals surface area contributed by atoms with E-state index in [-0.39, 0.29) is 12.6 Å². The van der Waals surface area contributed by atoms with Gasteiger partial charge in [0.1, 0.15) is 0 Å². The topological polar surface area (TPSA) is 32.3 Å². The minimum atomic E-state index is 0.268. The zero-order valence-electron chi connectivity index (χ0n) is 11.2. The molecule has 4 atom stereocenters. The van der Waals surface area contributed by atoms with Crippen LogP contribution in [0.25, 0.3) is 0 Å². The molecule has 0 saturated heterocycles. The molecular formula is C14H27NO. The fraction of sp³-hybridized carbons (Fsp3) is 1.00.